The van der Waals surface area contributed by atoms with E-state index in [-0.39, 0.29) is 12.4 Å². The molecular formula is C10H13N3O2. The van der Waals surface area contributed by atoms with Crippen LogP contribution in [0.2, 0.25) is 0 Å². The SMILES string of the molecule is NC(N)=N[C@@H](CC(=O)O)c1ccccc1. The average molecular weight is 207 g/mol. The second kappa shape index (κ2) is 4.99. The quantitative estimate of drug-likeness (QED) is 0.493. The maximum Gasteiger partial charge on any atom is 0.305 e. The van der Waals surface area contributed by atoms with Gasteiger partial charge in [-0.25, -0.2) is 4.99 Å². The number of rotatable bonds is 4. The van der Waals surface area contributed by atoms with E-state index >= 15 is 0 Å². The van der Waals surface area contributed by atoms with Crippen LogP contribution in [0.5, 0.6) is 0 Å². The smallest absolute Gasteiger partial charge is 0.305 e. The van der Waals surface area contributed by atoms with Crippen LogP contribution in [0.1, 0.15) is 18.0 Å². The molecule has 0 unspecified atom stereocenters. The van der Waals surface area contributed by atoms with E-state index in [1.165, 1.54) is 0 Å². The first-order valence-electron chi connectivity index (χ1n) is 4.45. The minimum atomic E-state index is -0.936. The molecule has 5 nitrogen and oxygen atoms in total. The number of aliphatic carboxylic acids is 1. The van der Waals surface area contributed by atoms with Gasteiger partial charge in [-0.2, -0.15) is 0 Å². The van der Waals surface area contributed by atoms with E-state index in [1.807, 2.05) is 18.2 Å². The first-order chi connectivity index (χ1) is 7.09. The minimum absolute atomic E-state index is 0.106. The van der Waals surface area contributed by atoms with Gasteiger partial charge in [0.15, 0.2) is 5.96 Å². The molecule has 0 fully saturated rings. The topological polar surface area (TPSA) is 102 Å². The van der Waals surface area contributed by atoms with Gasteiger partial charge in [0.25, 0.3) is 0 Å². The highest BCUT2D eigenvalue weighted by molar-refractivity contribution is 5.76. The van der Waals surface area contributed by atoms with Gasteiger partial charge in [-0.3, -0.25) is 4.79 Å². The van der Waals surface area contributed by atoms with E-state index in [9.17, 15) is 4.79 Å². The molecule has 0 spiro atoms. The number of benzene rings is 1. The van der Waals surface area contributed by atoms with Gasteiger partial charge in [0.1, 0.15) is 0 Å². The Kier molecular flexibility index (Phi) is 3.68. The first-order valence-corrected chi connectivity index (χ1v) is 4.45. The molecule has 1 rings (SSSR count). The van der Waals surface area contributed by atoms with Gasteiger partial charge < -0.3 is 16.6 Å². The lowest BCUT2D eigenvalue weighted by Crippen LogP contribution is -2.24. The number of carboxylic acids is 1. The second-order valence-corrected chi connectivity index (χ2v) is 3.08. The van der Waals surface area contributed by atoms with Gasteiger partial charge in [-0.05, 0) is 5.56 Å². The van der Waals surface area contributed by atoms with Crippen LogP contribution in [0.3, 0.4) is 0 Å². The van der Waals surface area contributed by atoms with Crippen molar-refractivity contribution >= 4 is 11.9 Å². The molecule has 0 bridgehead atoms. The molecule has 5 heteroatoms. The summed E-state index contributed by atoms with van der Waals surface area (Å²) in [4.78, 5) is 14.5. The molecule has 0 aliphatic heterocycles. The Labute approximate surface area is 87.4 Å². The highest BCUT2D eigenvalue weighted by Crippen LogP contribution is 2.20. The standard InChI is InChI=1S/C10H13N3O2/c11-10(12)13-8(6-9(14)15)7-4-2-1-3-5-7/h1-5,8H,6H2,(H,14,15)(H4,11,12,13)/t8-/m0/s1. The molecule has 0 aromatic heterocycles. The van der Waals surface area contributed by atoms with E-state index in [0.717, 1.165) is 5.56 Å². The third kappa shape index (κ3) is 3.68. The molecule has 1 aromatic carbocycles. The third-order valence-electron chi connectivity index (χ3n) is 1.86. The molecule has 0 saturated carbocycles. The molecule has 5 N–H and O–H groups in total. The van der Waals surface area contributed by atoms with Crippen molar-refractivity contribution in [2.24, 2.45) is 16.5 Å². The lowest BCUT2D eigenvalue weighted by molar-refractivity contribution is -0.137. The van der Waals surface area contributed by atoms with Crippen LogP contribution < -0.4 is 11.5 Å². The Morgan fingerprint density at radius 1 is 1.33 bits per heavy atom. The zero-order valence-electron chi connectivity index (χ0n) is 8.13. The van der Waals surface area contributed by atoms with Crippen molar-refractivity contribution in [3.05, 3.63) is 35.9 Å². The normalized spacial score (nSPS) is 11.7. The Balaban J connectivity index is 2.91. The summed E-state index contributed by atoms with van der Waals surface area (Å²) in [6.45, 7) is 0. The number of hydrogen-bond acceptors (Lipinski definition) is 2. The molecular weight excluding hydrogens is 194 g/mol. The Hall–Kier alpha value is -2.04. The fraction of sp³-hybridized carbons (Fsp3) is 0.200. The number of aliphatic imine (C=N–C) groups is 1. The Bertz CT molecular complexity index is 358. The summed E-state index contributed by atoms with van der Waals surface area (Å²) in [6, 6.07) is 8.53. The molecule has 1 atom stereocenters. The number of carbonyl (C=O) groups is 1. The maximum absolute atomic E-state index is 10.6. The van der Waals surface area contributed by atoms with Crippen molar-refractivity contribution in [1.29, 1.82) is 0 Å². The number of nitrogens with zero attached hydrogens (tertiary/aromatic N) is 1. The number of nitrogens with two attached hydrogens (primary N) is 2. The lowest BCUT2D eigenvalue weighted by Gasteiger charge is -2.10. The predicted molar refractivity (Wildman–Crippen MR) is 57.2 cm³/mol. The maximum atomic E-state index is 10.6. The summed E-state index contributed by atoms with van der Waals surface area (Å²) in [5.41, 5.74) is 11.3. The third-order valence-corrected chi connectivity index (χ3v) is 1.86. The molecule has 80 valence electrons. The van der Waals surface area contributed by atoms with Crippen molar-refractivity contribution in [3.8, 4) is 0 Å². The molecule has 0 aliphatic rings. The highest BCUT2D eigenvalue weighted by Gasteiger charge is 2.13. The van der Waals surface area contributed by atoms with E-state index in [1.54, 1.807) is 12.1 Å². The highest BCUT2D eigenvalue weighted by atomic mass is 16.4. The largest absolute Gasteiger partial charge is 0.481 e. The molecule has 1 aromatic rings. The fourth-order valence-electron chi connectivity index (χ4n) is 1.26. The van der Waals surface area contributed by atoms with Gasteiger partial charge in [0.2, 0.25) is 0 Å². The summed E-state index contributed by atoms with van der Waals surface area (Å²) in [7, 11) is 0. The molecule has 0 heterocycles. The van der Waals surface area contributed by atoms with E-state index < -0.39 is 12.0 Å². The van der Waals surface area contributed by atoms with Gasteiger partial charge in [-0.15, -0.1) is 0 Å². The molecule has 0 radical (unpaired) electrons. The summed E-state index contributed by atoms with van der Waals surface area (Å²) in [6.07, 6.45) is -0.123. The summed E-state index contributed by atoms with van der Waals surface area (Å²) in [5.74, 6) is -1.04. The van der Waals surface area contributed by atoms with E-state index in [2.05, 4.69) is 4.99 Å². The minimum Gasteiger partial charge on any atom is -0.481 e. The van der Waals surface area contributed by atoms with Crippen molar-refractivity contribution < 1.29 is 9.90 Å². The lowest BCUT2D eigenvalue weighted by atomic mass is 10.0. The van der Waals surface area contributed by atoms with Gasteiger partial charge in [-0.1, -0.05) is 30.3 Å². The number of carboxylic acid groups (broad SMARTS) is 1. The molecule has 0 saturated heterocycles. The van der Waals surface area contributed by atoms with Crippen molar-refractivity contribution in [3.63, 3.8) is 0 Å². The van der Waals surface area contributed by atoms with Gasteiger partial charge in [0.05, 0.1) is 12.5 Å². The van der Waals surface area contributed by atoms with Crippen molar-refractivity contribution in [1.82, 2.24) is 0 Å². The van der Waals surface area contributed by atoms with Crippen LogP contribution in [0.4, 0.5) is 0 Å². The average Bonchev–Trinajstić information content (AvgIpc) is 2.17. The number of hydrogen-bond donors (Lipinski definition) is 3. The van der Waals surface area contributed by atoms with Crippen molar-refractivity contribution in [2.75, 3.05) is 0 Å². The van der Waals surface area contributed by atoms with Crippen molar-refractivity contribution in [2.45, 2.75) is 12.5 Å². The van der Waals surface area contributed by atoms with Crippen LogP contribution in [0, 0.1) is 0 Å². The summed E-state index contributed by atoms with van der Waals surface area (Å²) < 4.78 is 0. The van der Waals surface area contributed by atoms with Gasteiger partial charge >= 0.3 is 5.97 Å². The van der Waals surface area contributed by atoms with Crippen LogP contribution in [-0.2, 0) is 4.79 Å². The zero-order valence-corrected chi connectivity index (χ0v) is 8.13. The predicted octanol–water partition coefficient (Wildman–Crippen LogP) is 0.476. The van der Waals surface area contributed by atoms with Gasteiger partial charge in [0, 0.05) is 0 Å². The molecule has 15 heavy (non-hydrogen) atoms. The van der Waals surface area contributed by atoms with Crippen LogP contribution in [-0.4, -0.2) is 17.0 Å². The molecule has 0 aliphatic carbocycles. The Morgan fingerprint density at radius 3 is 2.40 bits per heavy atom. The monoisotopic (exact) mass is 207 g/mol. The van der Waals surface area contributed by atoms with E-state index in [0.29, 0.717) is 0 Å². The van der Waals surface area contributed by atoms with E-state index in [4.69, 9.17) is 16.6 Å². The van der Waals surface area contributed by atoms with Crippen LogP contribution in [0.25, 0.3) is 0 Å². The first kappa shape index (κ1) is 11.0. The number of guanidine groups is 1. The zero-order chi connectivity index (χ0) is 11.3. The fourth-order valence-corrected chi connectivity index (χ4v) is 1.26. The molecule has 0 amide bonds. The summed E-state index contributed by atoms with van der Waals surface area (Å²) in [5, 5.41) is 8.71. The van der Waals surface area contributed by atoms with Crippen LogP contribution in [0.15, 0.2) is 35.3 Å². The second-order valence-electron chi connectivity index (χ2n) is 3.08. The van der Waals surface area contributed by atoms with Crippen LogP contribution >= 0.6 is 0 Å². The summed E-state index contributed by atoms with van der Waals surface area (Å²) >= 11 is 0. The Morgan fingerprint density at radius 2 is 1.93 bits per heavy atom.